The summed E-state index contributed by atoms with van der Waals surface area (Å²) in [5.41, 5.74) is 6.99. The van der Waals surface area contributed by atoms with E-state index in [1.807, 2.05) is 11.0 Å². The molecule has 0 radical (unpaired) electrons. The lowest BCUT2D eigenvalue weighted by atomic mass is 9.85. The number of benzene rings is 1. The first-order valence-electron chi connectivity index (χ1n) is 8.14. The topological polar surface area (TPSA) is 46.3 Å². The number of hydrogen-bond acceptors (Lipinski definition) is 2. The second kappa shape index (κ2) is 7.60. The standard InChI is InChI=1S/C18H28N2O/c1-14(2)17(16-6-4-3-5-7-16)12-18(21)20-10-8-15(13-19)9-11-20/h3-7,14-15,17H,8-13,19H2,1-2H3. The van der Waals surface area contributed by atoms with Crippen LogP contribution in [-0.4, -0.2) is 30.4 Å². The molecule has 0 bridgehead atoms. The van der Waals surface area contributed by atoms with E-state index in [0.29, 0.717) is 30.1 Å². The maximum Gasteiger partial charge on any atom is 0.223 e. The summed E-state index contributed by atoms with van der Waals surface area (Å²) in [5.74, 6) is 1.68. The van der Waals surface area contributed by atoms with Crippen LogP contribution in [0.15, 0.2) is 30.3 Å². The molecule has 2 rings (SSSR count). The Morgan fingerprint density at radius 2 is 1.86 bits per heavy atom. The molecule has 116 valence electrons. The van der Waals surface area contributed by atoms with Crippen LogP contribution in [0.4, 0.5) is 0 Å². The lowest BCUT2D eigenvalue weighted by molar-refractivity contribution is -0.133. The number of carbonyl (C=O) groups excluding carboxylic acids is 1. The average Bonchev–Trinajstić information content (AvgIpc) is 2.53. The van der Waals surface area contributed by atoms with Gasteiger partial charge in [-0.1, -0.05) is 44.2 Å². The molecule has 3 nitrogen and oxygen atoms in total. The normalized spacial score (nSPS) is 18.0. The van der Waals surface area contributed by atoms with Crippen molar-refractivity contribution in [1.29, 1.82) is 0 Å². The SMILES string of the molecule is CC(C)C(CC(=O)N1CCC(CN)CC1)c1ccccc1. The monoisotopic (exact) mass is 288 g/mol. The number of likely N-dealkylation sites (tertiary alicyclic amines) is 1. The number of nitrogens with two attached hydrogens (primary N) is 1. The molecule has 0 spiro atoms. The van der Waals surface area contributed by atoms with Gasteiger partial charge in [-0.15, -0.1) is 0 Å². The Morgan fingerprint density at radius 1 is 1.24 bits per heavy atom. The molecule has 0 saturated carbocycles. The molecule has 1 aromatic carbocycles. The van der Waals surface area contributed by atoms with Crippen molar-refractivity contribution >= 4 is 5.91 Å². The van der Waals surface area contributed by atoms with E-state index in [-0.39, 0.29) is 0 Å². The zero-order valence-electron chi connectivity index (χ0n) is 13.3. The van der Waals surface area contributed by atoms with Crippen LogP contribution in [0.5, 0.6) is 0 Å². The quantitative estimate of drug-likeness (QED) is 0.905. The van der Waals surface area contributed by atoms with Crippen LogP contribution in [0, 0.1) is 11.8 Å². The van der Waals surface area contributed by atoms with Crippen LogP contribution in [0.25, 0.3) is 0 Å². The summed E-state index contributed by atoms with van der Waals surface area (Å²) >= 11 is 0. The van der Waals surface area contributed by atoms with Crippen LogP contribution in [-0.2, 0) is 4.79 Å². The molecule has 1 aromatic rings. The van der Waals surface area contributed by atoms with Crippen LogP contribution >= 0.6 is 0 Å². The smallest absolute Gasteiger partial charge is 0.223 e. The van der Waals surface area contributed by atoms with E-state index in [2.05, 4.69) is 38.1 Å². The predicted molar refractivity (Wildman–Crippen MR) is 87.0 cm³/mol. The molecule has 3 heteroatoms. The Hall–Kier alpha value is -1.35. The van der Waals surface area contributed by atoms with Gasteiger partial charge >= 0.3 is 0 Å². The van der Waals surface area contributed by atoms with Gasteiger partial charge in [0.2, 0.25) is 5.91 Å². The molecule has 1 fully saturated rings. The van der Waals surface area contributed by atoms with Crippen molar-refractivity contribution in [3.05, 3.63) is 35.9 Å². The Bertz CT molecular complexity index is 436. The summed E-state index contributed by atoms with van der Waals surface area (Å²) in [6, 6.07) is 10.4. The molecule has 0 aromatic heterocycles. The van der Waals surface area contributed by atoms with Gasteiger partial charge in [0, 0.05) is 19.5 Å². The fraction of sp³-hybridized carbons (Fsp3) is 0.611. The van der Waals surface area contributed by atoms with Crippen molar-refractivity contribution in [1.82, 2.24) is 4.90 Å². The minimum absolute atomic E-state index is 0.299. The Labute approximate surface area is 128 Å². The highest BCUT2D eigenvalue weighted by molar-refractivity contribution is 5.77. The van der Waals surface area contributed by atoms with Crippen molar-refractivity contribution in [3.63, 3.8) is 0 Å². The van der Waals surface area contributed by atoms with Crippen LogP contribution in [0.2, 0.25) is 0 Å². The second-order valence-electron chi connectivity index (χ2n) is 6.53. The van der Waals surface area contributed by atoms with Crippen molar-refractivity contribution in [2.75, 3.05) is 19.6 Å². The van der Waals surface area contributed by atoms with Crippen LogP contribution in [0.3, 0.4) is 0 Å². The number of amides is 1. The van der Waals surface area contributed by atoms with E-state index >= 15 is 0 Å². The molecule has 1 amide bonds. The van der Waals surface area contributed by atoms with Crippen molar-refractivity contribution in [2.24, 2.45) is 17.6 Å². The summed E-state index contributed by atoms with van der Waals surface area (Å²) in [4.78, 5) is 14.6. The molecule has 2 N–H and O–H groups in total. The maximum atomic E-state index is 12.6. The fourth-order valence-corrected chi connectivity index (χ4v) is 3.17. The van der Waals surface area contributed by atoms with E-state index in [0.717, 1.165) is 32.5 Å². The Kier molecular flexibility index (Phi) is 5.80. The first-order chi connectivity index (χ1) is 10.1. The molecular weight excluding hydrogens is 260 g/mol. The third kappa shape index (κ3) is 4.31. The van der Waals surface area contributed by atoms with Crippen LogP contribution < -0.4 is 5.73 Å². The minimum Gasteiger partial charge on any atom is -0.343 e. The molecule has 0 aliphatic carbocycles. The summed E-state index contributed by atoms with van der Waals surface area (Å²) in [7, 11) is 0. The molecule has 1 aliphatic rings. The number of rotatable bonds is 5. The lowest BCUT2D eigenvalue weighted by Crippen LogP contribution is -2.40. The first-order valence-corrected chi connectivity index (χ1v) is 8.14. The number of nitrogens with zero attached hydrogens (tertiary/aromatic N) is 1. The Balaban J connectivity index is 1.96. The van der Waals surface area contributed by atoms with Gasteiger partial charge in [-0.05, 0) is 42.7 Å². The molecule has 21 heavy (non-hydrogen) atoms. The van der Waals surface area contributed by atoms with Crippen molar-refractivity contribution in [3.8, 4) is 0 Å². The molecule has 1 heterocycles. The number of hydrogen-bond donors (Lipinski definition) is 1. The van der Waals surface area contributed by atoms with Gasteiger partial charge in [0.1, 0.15) is 0 Å². The fourth-order valence-electron chi connectivity index (χ4n) is 3.17. The first kappa shape index (κ1) is 16.0. The average molecular weight is 288 g/mol. The van der Waals surface area contributed by atoms with Gasteiger partial charge in [-0.25, -0.2) is 0 Å². The van der Waals surface area contributed by atoms with E-state index in [1.165, 1.54) is 5.56 Å². The summed E-state index contributed by atoms with van der Waals surface area (Å²) in [6.45, 7) is 6.90. The molecule has 1 unspecified atom stereocenters. The molecular formula is C18H28N2O. The van der Waals surface area contributed by atoms with Gasteiger partial charge in [0.25, 0.3) is 0 Å². The van der Waals surface area contributed by atoms with Gasteiger partial charge in [0.05, 0.1) is 0 Å². The third-order valence-corrected chi connectivity index (χ3v) is 4.73. The number of piperidine rings is 1. The van der Waals surface area contributed by atoms with Gasteiger partial charge in [0.15, 0.2) is 0 Å². The maximum absolute atomic E-state index is 12.6. The third-order valence-electron chi connectivity index (χ3n) is 4.73. The zero-order valence-corrected chi connectivity index (χ0v) is 13.3. The summed E-state index contributed by atoms with van der Waals surface area (Å²) in [6.07, 6.45) is 2.73. The minimum atomic E-state index is 0.299. The zero-order chi connectivity index (χ0) is 15.2. The van der Waals surface area contributed by atoms with E-state index < -0.39 is 0 Å². The largest absolute Gasteiger partial charge is 0.343 e. The highest BCUT2D eigenvalue weighted by Gasteiger charge is 2.26. The Morgan fingerprint density at radius 3 is 2.38 bits per heavy atom. The summed E-state index contributed by atoms with van der Waals surface area (Å²) in [5, 5.41) is 0. The van der Waals surface area contributed by atoms with Gasteiger partial charge < -0.3 is 10.6 Å². The summed E-state index contributed by atoms with van der Waals surface area (Å²) < 4.78 is 0. The van der Waals surface area contributed by atoms with E-state index in [9.17, 15) is 4.79 Å². The predicted octanol–water partition coefficient (Wildman–Crippen LogP) is 3.01. The molecule has 1 atom stereocenters. The lowest BCUT2D eigenvalue weighted by Gasteiger charge is -2.33. The molecule has 1 aliphatic heterocycles. The molecule has 1 saturated heterocycles. The number of carbonyl (C=O) groups is 1. The van der Waals surface area contributed by atoms with Crippen molar-refractivity contribution < 1.29 is 4.79 Å². The van der Waals surface area contributed by atoms with Gasteiger partial charge in [-0.3, -0.25) is 4.79 Å². The van der Waals surface area contributed by atoms with Crippen LogP contribution in [0.1, 0.15) is 44.6 Å². The highest BCUT2D eigenvalue weighted by Crippen LogP contribution is 2.29. The van der Waals surface area contributed by atoms with Crippen molar-refractivity contribution in [2.45, 2.75) is 39.0 Å². The van der Waals surface area contributed by atoms with Gasteiger partial charge in [-0.2, -0.15) is 0 Å². The van der Waals surface area contributed by atoms with E-state index in [1.54, 1.807) is 0 Å². The second-order valence-corrected chi connectivity index (χ2v) is 6.53. The van der Waals surface area contributed by atoms with E-state index in [4.69, 9.17) is 5.73 Å². The highest BCUT2D eigenvalue weighted by atomic mass is 16.2.